The lowest BCUT2D eigenvalue weighted by molar-refractivity contribution is -0.128. The molecule has 1 heterocycles. The Morgan fingerprint density at radius 2 is 1.86 bits per heavy atom. The first-order valence-corrected chi connectivity index (χ1v) is 8.23. The topological polar surface area (TPSA) is 61.8 Å². The number of morpholine rings is 1. The van der Waals surface area contributed by atoms with Crippen LogP contribution in [0, 0.1) is 0 Å². The van der Waals surface area contributed by atoms with E-state index in [1.54, 1.807) is 0 Å². The maximum Gasteiger partial charge on any atom is 0.222 e. The number of nitrogens with one attached hydrogen (secondary N) is 1. The first-order valence-electron chi connectivity index (χ1n) is 8.23. The maximum atomic E-state index is 12.1. The molecule has 2 rings (SSSR count). The molecular formula is C16H30N2O3. The molecule has 21 heavy (non-hydrogen) atoms. The highest BCUT2D eigenvalue weighted by molar-refractivity contribution is 5.77. The standard InChI is InChI=1S/C16H30N2O3/c1-15(2,18-8-10-21-11-9-18)13-17-14(19)12-16(20)6-4-3-5-7-16/h20H,3-13H2,1-2H3,(H,17,19). The molecule has 5 nitrogen and oxygen atoms in total. The van der Waals surface area contributed by atoms with Gasteiger partial charge in [-0.2, -0.15) is 0 Å². The number of rotatable bonds is 5. The van der Waals surface area contributed by atoms with Gasteiger partial charge in [0.2, 0.25) is 5.91 Å². The summed E-state index contributed by atoms with van der Waals surface area (Å²) in [5, 5.41) is 13.4. The zero-order valence-corrected chi connectivity index (χ0v) is 13.5. The zero-order chi connectivity index (χ0) is 15.3. The SMILES string of the molecule is CC(C)(CNC(=O)CC1(O)CCCCC1)N1CCOCC1. The summed E-state index contributed by atoms with van der Waals surface area (Å²) in [5.74, 6) is -0.0271. The van der Waals surface area contributed by atoms with Crippen molar-refractivity contribution in [3.8, 4) is 0 Å². The number of hydrogen-bond acceptors (Lipinski definition) is 4. The van der Waals surface area contributed by atoms with Crippen LogP contribution < -0.4 is 5.32 Å². The predicted octanol–water partition coefficient (Wildman–Crippen LogP) is 1.30. The minimum absolute atomic E-state index is 0.0271. The summed E-state index contributed by atoms with van der Waals surface area (Å²) < 4.78 is 5.37. The van der Waals surface area contributed by atoms with Crippen molar-refractivity contribution in [2.24, 2.45) is 0 Å². The number of aliphatic hydroxyl groups is 1. The molecular weight excluding hydrogens is 268 g/mol. The third-order valence-electron chi connectivity index (χ3n) is 4.86. The Balaban J connectivity index is 1.77. The van der Waals surface area contributed by atoms with Gasteiger partial charge in [0.05, 0.1) is 25.2 Å². The summed E-state index contributed by atoms with van der Waals surface area (Å²) in [5.41, 5.74) is -0.847. The average molecular weight is 298 g/mol. The number of hydrogen-bond donors (Lipinski definition) is 2. The van der Waals surface area contributed by atoms with Crippen molar-refractivity contribution >= 4 is 5.91 Å². The molecule has 1 saturated heterocycles. The second-order valence-corrected chi connectivity index (χ2v) is 7.15. The first kappa shape index (κ1) is 16.7. The Morgan fingerprint density at radius 3 is 2.48 bits per heavy atom. The van der Waals surface area contributed by atoms with Gasteiger partial charge in [0, 0.05) is 25.2 Å². The summed E-state index contributed by atoms with van der Waals surface area (Å²) in [7, 11) is 0. The molecule has 1 saturated carbocycles. The van der Waals surface area contributed by atoms with E-state index in [0.29, 0.717) is 6.54 Å². The minimum Gasteiger partial charge on any atom is -0.389 e. The molecule has 0 aromatic rings. The lowest BCUT2D eigenvalue weighted by Gasteiger charge is -2.41. The molecule has 1 aliphatic heterocycles. The van der Waals surface area contributed by atoms with Gasteiger partial charge >= 0.3 is 0 Å². The average Bonchev–Trinajstić information content (AvgIpc) is 2.46. The van der Waals surface area contributed by atoms with Crippen LogP contribution in [0.3, 0.4) is 0 Å². The lowest BCUT2D eigenvalue weighted by atomic mass is 9.82. The molecule has 1 amide bonds. The van der Waals surface area contributed by atoms with Gasteiger partial charge in [-0.1, -0.05) is 19.3 Å². The van der Waals surface area contributed by atoms with Crippen molar-refractivity contribution in [3.63, 3.8) is 0 Å². The van der Waals surface area contributed by atoms with E-state index in [1.165, 1.54) is 6.42 Å². The quantitative estimate of drug-likeness (QED) is 0.803. The van der Waals surface area contributed by atoms with Crippen LogP contribution in [0.5, 0.6) is 0 Å². The van der Waals surface area contributed by atoms with Gasteiger partial charge in [-0.15, -0.1) is 0 Å². The summed E-state index contributed by atoms with van der Waals surface area (Å²) in [4.78, 5) is 14.5. The van der Waals surface area contributed by atoms with Gasteiger partial charge in [-0.3, -0.25) is 9.69 Å². The Morgan fingerprint density at radius 1 is 1.24 bits per heavy atom. The van der Waals surface area contributed by atoms with Gasteiger partial charge in [0.15, 0.2) is 0 Å². The van der Waals surface area contributed by atoms with E-state index in [2.05, 4.69) is 24.1 Å². The van der Waals surface area contributed by atoms with E-state index in [9.17, 15) is 9.90 Å². The van der Waals surface area contributed by atoms with Crippen molar-refractivity contribution in [2.75, 3.05) is 32.8 Å². The van der Waals surface area contributed by atoms with Crippen molar-refractivity contribution in [2.45, 2.75) is 63.5 Å². The predicted molar refractivity (Wildman–Crippen MR) is 82.1 cm³/mol. The molecule has 2 fully saturated rings. The Labute approximate surface area is 128 Å². The van der Waals surface area contributed by atoms with Crippen LogP contribution in [0.1, 0.15) is 52.4 Å². The highest BCUT2D eigenvalue weighted by atomic mass is 16.5. The van der Waals surface area contributed by atoms with Crippen LogP contribution in [0.2, 0.25) is 0 Å². The van der Waals surface area contributed by atoms with E-state index in [-0.39, 0.29) is 17.9 Å². The molecule has 0 aromatic heterocycles. The van der Waals surface area contributed by atoms with Crippen LogP contribution >= 0.6 is 0 Å². The van der Waals surface area contributed by atoms with Gasteiger partial charge in [0.1, 0.15) is 0 Å². The molecule has 0 spiro atoms. The fourth-order valence-electron chi connectivity index (χ4n) is 3.34. The fourth-order valence-corrected chi connectivity index (χ4v) is 3.34. The Kier molecular flexibility index (Phi) is 5.63. The molecule has 122 valence electrons. The number of ether oxygens (including phenoxy) is 1. The Bertz CT molecular complexity index is 345. The van der Waals surface area contributed by atoms with E-state index in [1.807, 2.05) is 0 Å². The van der Waals surface area contributed by atoms with Crippen molar-refractivity contribution in [1.29, 1.82) is 0 Å². The number of carbonyl (C=O) groups excluding carboxylic acids is 1. The smallest absolute Gasteiger partial charge is 0.222 e. The third-order valence-corrected chi connectivity index (χ3v) is 4.86. The van der Waals surface area contributed by atoms with Gasteiger partial charge in [-0.05, 0) is 26.7 Å². The summed E-state index contributed by atoms with van der Waals surface area (Å²) in [6.07, 6.45) is 4.99. The number of carbonyl (C=O) groups is 1. The van der Waals surface area contributed by atoms with Crippen LogP contribution in [0.25, 0.3) is 0 Å². The monoisotopic (exact) mass is 298 g/mol. The third kappa shape index (κ3) is 4.94. The summed E-state index contributed by atoms with van der Waals surface area (Å²) in [6, 6.07) is 0. The second-order valence-electron chi connectivity index (χ2n) is 7.15. The van der Waals surface area contributed by atoms with Crippen LogP contribution in [-0.4, -0.2) is 59.9 Å². The molecule has 2 N–H and O–H groups in total. The first-order chi connectivity index (χ1) is 9.91. The largest absolute Gasteiger partial charge is 0.389 e. The molecule has 0 atom stereocenters. The molecule has 1 aliphatic carbocycles. The van der Waals surface area contributed by atoms with Crippen molar-refractivity contribution in [1.82, 2.24) is 10.2 Å². The molecule has 0 radical (unpaired) electrons. The van der Waals surface area contributed by atoms with Crippen LogP contribution in [0.15, 0.2) is 0 Å². The molecule has 0 bridgehead atoms. The lowest BCUT2D eigenvalue weighted by Crippen LogP contribution is -2.55. The Hall–Kier alpha value is -0.650. The van der Waals surface area contributed by atoms with E-state index in [0.717, 1.165) is 52.0 Å². The zero-order valence-electron chi connectivity index (χ0n) is 13.5. The van der Waals surface area contributed by atoms with E-state index < -0.39 is 5.60 Å². The van der Waals surface area contributed by atoms with Crippen molar-refractivity contribution in [3.05, 3.63) is 0 Å². The molecule has 5 heteroatoms. The van der Waals surface area contributed by atoms with Gasteiger partial charge < -0.3 is 15.2 Å². The number of nitrogens with zero attached hydrogens (tertiary/aromatic N) is 1. The maximum absolute atomic E-state index is 12.1. The van der Waals surface area contributed by atoms with E-state index >= 15 is 0 Å². The minimum atomic E-state index is -0.772. The summed E-state index contributed by atoms with van der Waals surface area (Å²) >= 11 is 0. The van der Waals surface area contributed by atoms with Gasteiger partial charge in [-0.25, -0.2) is 0 Å². The van der Waals surface area contributed by atoms with Crippen LogP contribution in [-0.2, 0) is 9.53 Å². The summed E-state index contributed by atoms with van der Waals surface area (Å²) in [6.45, 7) is 8.25. The van der Waals surface area contributed by atoms with E-state index in [4.69, 9.17) is 4.74 Å². The highest BCUT2D eigenvalue weighted by Crippen LogP contribution is 2.30. The molecule has 0 unspecified atom stereocenters. The van der Waals surface area contributed by atoms with Gasteiger partial charge in [0.25, 0.3) is 0 Å². The highest BCUT2D eigenvalue weighted by Gasteiger charge is 2.33. The second kappa shape index (κ2) is 7.07. The molecule has 0 aromatic carbocycles. The molecule has 2 aliphatic rings. The fraction of sp³-hybridized carbons (Fsp3) is 0.938. The normalized spacial score (nSPS) is 23.8. The van der Waals surface area contributed by atoms with Crippen LogP contribution in [0.4, 0.5) is 0 Å². The van der Waals surface area contributed by atoms with Crippen molar-refractivity contribution < 1.29 is 14.6 Å². The number of amides is 1.